The molecule has 0 bridgehead atoms. The highest BCUT2D eigenvalue weighted by molar-refractivity contribution is 5.82. The molecule has 0 spiro atoms. The minimum Gasteiger partial charge on any atom is -0.409 e. The third-order valence-electron chi connectivity index (χ3n) is 2.72. The Labute approximate surface area is 111 Å². The number of hydrogen-bond acceptors (Lipinski definition) is 3. The normalized spacial score (nSPS) is 13.1. The number of carbonyl (C=O) groups excluding carboxylic acids is 1. The number of amides is 1. The van der Waals surface area contributed by atoms with Gasteiger partial charge in [0.25, 0.3) is 0 Å². The molecule has 6 heteroatoms. The lowest BCUT2D eigenvalue weighted by Crippen LogP contribution is -2.38. The second-order valence-electron chi connectivity index (χ2n) is 4.27. The molecule has 0 aliphatic heterocycles. The van der Waals surface area contributed by atoms with Gasteiger partial charge in [0.05, 0.1) is 6.42 Å². The predicted octanol–water partition coefficient (Wildman–Crippen LogP) is 1.40. The highest BCUT2D eigenvalue weighted by Crippen LogP contribution is 2.04. The van der Waals surface area contributed by atoms with Gasteiger partial charge in [0.1, 0.15) is 11.7 Å². The largest absolute Gasteiger partial charge is 0.409 e. The molecule has 0 aliphatic carbocycles. The lowest BCUT2D eigenvalue weighted by Gasteiger charge is -2.16. The second kappa shape index (κ2) is 7.35. The quantitative estimate of drug-likeness (QED) is 0.315. The maximum Gasteiger partial charge on any atom is 0.224 e. The number of oxime groups is 1. The molecule has 1 rings (SSSR count). The Bertz CT molecular complexity index is 446. The van der Waals surface area contributed by atoms with Crippen molar-refractivity contribution in [1.29, 1.82) is 0 Å². The first-order valence-electron chi connectivity index (χ1n) is 6.05. The van der Waals surface area contributed by atoms with Gasteiger partial charge in [0.2, 0.25) is 5.91 Å². The molecule has 0 aliphatic rings. The number of hydrogen-bond donors (Lipinski definition) is 3. The van der Waals surface area contributed by atoms with Gasteiger partial charge in [-0.25, -0.2) is 4.39 Å². The van der Waals surface area contributed by atoms with Gasteiger partial charge in [-0.2, -0.15) is 0 Å². The number of benzene rings is 1. The van der Waals surface area contributed by atoms with E-state index in [1.54, 1.807) is 12.1 Å². The van der Waals surface area contributed by atoms with Crippen LogP contribution in [0.15, 0.2) is 29.4 Å². The Morgan fingerprint density at radius 1 is 1.47 bits per heavy atom. The molecular formula is C13H18FN3O2. The van der Waals surface area contributed by atoms with Crippen molar-refractivity contribution < 1.29 is 14.4 Å². The fourth-order valence-corrected chi connectivity index (χ4v) is 1.66. The van der Waals surface area contributed by atoms with Gasteiger partial charge >= 0.3 is 0 Å². The Morgan fingerprint density at radius 3 is 2.63 bits per heavy atom. The Balaban J connectivity index is 2.51. The molecule has 0 aromatic heterocycles. The van der Waals surface area contributed by atoms with Crippen molar-refractivity contribution in [3.63, 3.8) is 0 Å². The summed E-state index contributed by atoms with van der Waals surface area (Å²) >= 11 is 0. The van der Waals surface area contributed by atoms with Crippen LogP contribution in [-0.4, -0.2) is 23.0 Å². The van der Waals surface area contributed by atoms with Gasteiger partial charge in [-0.05, 0) is 24.1 Å². The average Bonchev–Trinajstić information content (AvgIpc) is 2.40. The zero-order chi connectivity index (χ0) is 14.3. The number of halogens is 1. The van der Waals surface area contributed by atoms with Gasteiger partial charge in [-0.15, -0.1) is 0 Å². The highest BCUT2D eigenvalue weighted by atomic mass is 19.1. The maximum absolute atomic E-state index is 12.7. The van der Waals surface area contributed by atoms with Crippen LogP contribution in [0, 0.1) is 5.82 Å². The zero-order valence-corrected chi connectivity index (χ0v) is 10.8. The smallest absolute Gasteiger partial charge is 0.224 e. The Hall–Kier alpha value is -2.11. The van der Waals surface area contributed by atoms with Crippen LogP contribution in [0.5, 0.6) is 0 Å². The third kappa shape index (κ3) is 5.37. The Morgan fingerprint density at radius 2 is 2.11 bits per heavy atom. The van der Waals surface area contributed by atoms with E-state index in [9.17, 15) is 9.18 Å². The van der Waals surface area contributed by atoms with Gasteiger partial charge in [0, 0.05) is 12.5 Å². The molecule has 0 saturated carbocycles. The van der Waals surface area contributed by atoms with E-state index in [1.165, 1.54) is 12.1 Å². The Kier molecular flexibility index (Phi) is 5.78. The zero-order valence-electron chi connectivity index (χ0n) is 10.8. The van der Waals surface area contributed by atoms with E-state index in [4.69, 9.17) is 10.9 Å². The molecule has 4 N–H and O–H groups in total. The minimum absolute atomic E-state index is 0.0777. The van der Waals surface area contributed by atoms with Crippen LogP contribution in [0.3, 0.4) is 0 Å². The fourth-order valence-electron chi connectivity index (χ4n) is 1.66. The van der Waals surface area contributed by atoms with E-state index < -0.39 is 0 Å². The van der Waals surface area contributed by atoms with Crippen LogP contribution >= 0.6 is 0 Å². The molecule has 0 fully saturated rings. The van der Waals surface area contributed by atoms with Crippen LogP contribution in [-0.2, 0) is 11.2 Å². The van der Waals surface area contributed by atoms with Crippen molar-refractivity contribution in [2.75, 3.05) is 0 Å². The van der Waals surface area contributed by atoms with E-state index in [0.29, 0.717) is 12.8 Å². The van der Waals surface area contributed by atoms with Crippen LogP contribution in [0.1, 0.15) is 25.3 Å². The number of rotatable bonds is 6. The minimum atomic E-state index is -0.331. The summed E-state index contributed by atoms with van der Waals surface area (Å²) in [4.78, 5) is 11.8. The monoisotopic (exact) mass is 267 g/mol. The molecule has 104 valence electrons. The summed E-state index contributed by atoms with van der Waals surface area (Å²) in [7, 11) is 0. The van der Waals surface area contributed by atoms with Crippen molar-refractivity contribution in [2.45, 2.75) is 32.2 Å². The van der Waals surface area contributed by atoms with Crippen LogP contribution in [0.2, 0.25) is 0 Å². The molecule has 1 atom stereocenters. The molecule has 0 heterocycles. The number of amidine groups is 1. The van der Waals surface area contributed by atoms with E-state index in [-0.39, 0.29) is 30.0 Å². The summed E-state index contributed by atoms with van der Waals surface area (Å²) in [6.07, 6.45) is 1.14. The molecule has 0 saturated heterocycles. The molecular weight excluding hydrogens is 249 g/mol. The third-order valence-corrected chi connectivity index (χ3v) is 2.72. The predicted molar refractivity (Wildman–Crippen MR) is 70.4 cm³/mol. The highest BCUT2D eigenvalue weighted by Gasteiger charge is 2.12. The molecule has 0 radical (unpaired) electrons. The SMILES string of the molecule is CCC(CC(N)=NO)NC(=O)Cc1ccc(F)cc1. The van der Waals surface area contributed by atoms with Crippen molar-refractivity contribution in [2.24, 2.45) is 10.9 Å². The van der Waals surface area contributed by atoms with Gasteiger partial charge in [0.15, 0.2) is 0 Å². The number of nitrogens with one attached hydrogen (secondary N) is 1. The number of nitrogens with zero attached hydrogens (tertiary/aromatic N) is 1. The standard InChI is InChI=1S/C13H18FN3O2/c1-2-11(8-12(15)17-19)16-13(18)7-9-3-5-10(14)6-4-9/h3-6,11,19H,2,7-8H2,1H3,(H2,15,17)(H,16,18). The first kappa shape index (κ1) is 14.9. The topological polar surface area (TPSA) is 87.7 Å². The van der Waals surface area contributed by atoms with E-state index >= 15 is 0 Å². The van der Waals surface area contributed by atoms with Crippen molar-refractivity contribution in [1.82, 2.24) is 5.32 Å². The first-order valence-corrected chi connectivity index (χ1v) is 6.05. The van der Waals surface area contributed by atoms with Gasteiger partial charge in [-0.3, -0.25) is 4.79 Å². The van der Waals surface area contributed by atoms with Crippen LogP contribution in [0.25, 0.3) is 0 Å². The summed E-state index contributed by atoms with van der Waals surface area (Å²) in [6.45, 7) is 1.90. The van der Waals surface area contributed by atoms with Crippen molar-refractivity contribution >= 4 is 11.7 Å². The van der Waals surface area contributed by atoms with E-state index in [0.717, 1.165) is 5.56 Å². The molecule has 1 amide bonds. The summed E-state index contributed by atoms with van der Waals surface area (Å²) in [5.74, 6) is -0.430. The van der Waals surface area contributed by atoms with E-state index in [2.05, 4.69) is 10.5 Å². The van der Waals surface area contributed by atoms with Gasteiger partial charge in [-0.1, -0.05) is 24.2 Å². The van der Waals surface area contributed by atoms with E-state index in [1.807, 2.05) is 6.92 Å². The second-order valence-corrected chi connectivity index (χ2v) is 4.27. The van der Waals surface area contributed by atoms with Crippen LogP contribution in [0.4, 0.5) is 4.39 Å². The summed E-state index contributed by atoms with van der Waals surface area (Å²) < 4.78 is 12.7. The molecule has 19 heavy (non-hydrogen) atoms. The molecule has 1 aromatic rings. The number of carbonyl (C=O) groups is 1. The maximum atomic E-state index is 12.7. The molecule has 1 aromatic carbocycles. The summed E-state index contributed by atoms with van der Waals surface area (Å²) in [5, 5.41) is 14.2. The summed E-state index contributed by atoms with van der Waals surface area (Å²) in [6, 6.07) is 5.59. The average molecular weight is 267 g/mol. The van der Waals surface area contributed by atoms with Crippen molar-refractivity contribution in [3.05, 3.63) is 35.6 Å². The fraction of sp³-hybridized carbons (Fsp3) is 0.385. The molecule has 5 nitrogen and oxygen atoms in total. The lowest BCUT2D eigenvalue weighted by molar-refractivity contribution is -0.121. The summed E-state index contributed by atoms with van der Waals surface area (Å²) in [5.41, 5.74) is 6.14. The first-order chi connectivity index (χ1) is 9.05. The molecule has 1 unspecified atom stereocenters. The van der Waals surface area contributed by atoms with Crippen molar-refractivity contribution in [3.8, 4) is 0 Å². The van der Waals surface area contributed by atoms with Gasteiger partial charge < -0.3 is 16.3 Å². The lowest BCUT2D eigenvalue weighted by atomic mass is 10.1. The number of nitrogens with two attached hydrogens (primary N) is 1. The van der Waals surface area contributed by atoms with Crippen LogP contribution < -0.4 is 11.1 Å².